The van der Waals surface area contributed by atoms with Crippen LogP contribution in [0.3, 0.4) is 0 Å². The maximum absolute atomic E-state index is 12.9. The van der Waals surface area contributed by atoms with E-state index in [0.29, 0.717) is 17.4 Å². The van der Waals surface area contributed by atoms with Crippen molar-refractivity contribution < 1.29 is 42.9 Å². The molecule has 1 N–H and O–H groups in total. The molecular formula is C68H124NO8+. The SMILES string of the molecule is CC/C=C\C/C=C\C/C=C\C/C=C\CCCCCCCCCCCCCCCCCCCCCCCCC(=O)OC(COC(=O)CCCCCCCCC/C=C\CCCCCCCC)COC(OCC[N+](C)(C)C)C(=O)O. The monoisotopic (exact) mass is 1080 g/mol. The molecule has 9 heteroatoms. The molecule has 0 saturated carbocycles. The summed E-state index contributed by atoms with van der Waals surface area (Å²) < 4.78 is 22.9. The van der Waals surface area contributed by atoms with Crippen molar-refractivity contribution >= 4 is 17.9 Å². The predicted octanol–water partition coefficient (Wildman–Crippen LogP) is 19.6. The molecule has 448 valence electrons. The van der Waals surface area contributed by atoms with Crippen molar-refractivity contribution in [1.82, 2.24) is 0 Å². The van der Waals surface area contributed by atoms with Crippen molar-refractivity contribution in [3.8, 4) is 0 Å². The number of nitrogens with zero attached hydrogens (tertiary/aromatic N) is 1. The Labute approximate surface area is 475 Å². The normalized spacial score (nSPS) is 13.1. The Morgan fingerprint density at radius 1 is 0.403 bits per heavy atom. The van der Waals surface area contributed by atoms with Crippen LogP contribution in [0.2, 0.25) is 0 Å². The summed E-state index contributed by atoms with van der Waals surface area (Å²) in [5.74, 6) is -1.99. The molecule has 0 rings (SSSR count). The zero-order valence-corrected chi connectivity index (χ0v) is 51.1. The van der Waals surface area contributed by atoms with E-state index < -0.39 is 24.3 Å². The van der Waals surface area contributed by atoms with E-state index in [-0.39, 0.29) is 32.2 Å². The van der Waals surface area contributed by atoms with Crippen LogP contribution < -0.4 is 0 Å². The number of aliphatic carboxylic acids is 1. The molecule has 9 nitrogen and oxygen atoms in total. The molecule has 0 aromatic heterocycles. The fourth-order valence-corrected chi connectivity index (χ4v) is 9.30. The van der Waals surface area contributed by atoms with Crippen LogP contribution in [0.15, 0.2) is 60.8 Å². The average molecular weight is 1080 g/mol. The second kappa shape index (κ2) is 59.1. The highest BCUT2D eigenvalue weighted by Gasteiger charge is 2.25. The molecule has 2 unspecified atom stereocenters. The maximum atomic E-state index is 12.9. The van der Waals surface area contributed by atoms with E-state index in [1.165, 1.54) is 205 Å². The molecule has 0 radical (unpaired) electrons. The molecule has 0 amide bonds. The Morgan fingerprint density at radius 3 is 1.12 bits per heavy atom. The van der Waals surface area contributed by atoms with Crippen LogP contribution in [0.5, 0.6) is 0 Å². The largest absolute Gasteiger partial charge is 0.477 e. The summed E-state index contributed by atoms with van der Waals surface area (Å²) >= 11 is 0. The third kappa shape index (κ3) is 60.5. The summed E-state index contributed by atoms with van der Waals surface area (Å²) in [6.45, 7) is 4.79. The van der Waals surface area contributed by atoms with E-state index in [2.05, 4.69) is 74.6 Å². The van der Waals surface area contributed by atoms with Gasteiger partial charge in [-0.2, -0.15) is 0 Å². The van der Waals surface area contributed by atoms with Gasteiger partial charge in [0, 0.05) is 12.8 Å². The van der Waals surface area contributed by atoms with Gasteiger partial charge in [0.2, 0.25) is 0 Å². The van der Waals surface area contributed by atoms with Crippen LogP contribution in [0.25, 0.3) is 0 Å². The lowest BCUT2D eigenvalue weighted by atomic mass is 10.0. The highest BCUT2D eigenvalue weighted by Crippen LogP contribution is 2.17. The molecule has 0 heterocycles. The van der Waals surface area contributed by atoms with Gasteiger partial charge in [-0.15, -0.1) is 0 Å². The number of allylic oxidation sites excluding steroid dienone is 10. The minimum atomic E-state index is -1.51. The maximum Gasteiger partial charge on any atom is 0.361 e. The zero-order valence-electron chi connectivity index (χ0n) is 51.1. The minimum Gasteiger partial charge on any atom is -0.477 e. The number of carboxylic acid groups (broad SMARTS) is 1. The Bertz CT molecular complexity index is 1450. The standard InChI is InChI=1S/C68H123NO8/c1-6-8-10-12-14-16-18-20-22-24-25-26-27-28-29-30-31-32-33-34-35-36-37-38-39-40-41-43-45-47-49-51-53-55-57-59-66(71)77-64(63-76-68(67(72)73)74-61-60-69(3,4)5)62-75-65(70)58-56-54-52-50-48-46-44-42-23-21-19-17-15-13-11-9-7-2/h8,10,14,16,20-23,25-26,64,68H,6-7,9,11-13,15,17-19,24,27-63H2,1-5H3/p+1/b10-8-,16-14-,22-20-,23-21-,26-25-. The van der Waals surface area contributed by atoms with Gasteiger partial charge in [0.1, 0.15) is 13.2 Å². The summed E-state index contributed by atoms with van der Waals surface area (Å²) in [5.41, 5.74) is 0. The molecule has 0 aliphatic heterocycles. The number of quaternary nitrogens is 1. The van der Waals surface area contributed by atoms with Crippen LogP contribution in [-0.2, 0) is 33.3 Å². The van der Waals surface area contributed by atoms with Crippen molar-refractivity contribution in [3.05, 3.63) is 60.8 Å². The van der Waals surface area contributed by atoms with Crippen molar-refractivity contribution in [1.29, 1.82) is 0 Å². The smallest absolute Gasteiger partial charge is 0.361 e. The number of carboxylic acids is 1. The quantitative estimate of drug-likeness (QED) is 0.0211. The molecule has 0 spiro atoms. The molecule has 0 aromatic carbocycles. The van der Waals surface area contributed by atoms with Gasteiger partial charge in [0.05, 0.1) is 34.4 Å². The van der Waals surface area contributed by atoms with Crippen LogP contribution in [-0.4, -0.2) is 87.4 Å². The third-order valence-electron chi connectivity index (χ3n) is 14.3. The minimum absolute atomic E-state index is 0.181. The number of rotatable bonds is 60. The lowest BCUT2D eigenvalue weighted by Crippen LogP contribution is -2.40. The Kier molecular flexibility index (Phi) is 56.8. The molecule has 0 fully saturated rings. The summed E-state index contributed by atoms with van der Waals surface area (Å²) in [4.78, 5) is 37.5. The first-order valence-electron chi connectivity index (χ1n) is 32.5. The highest BCUT2D eigenvalue weighted by molar-refractivity contribution is 5.71. The lowest BCUT2D eigenvalue weighted by Gasteiger charge is -2.25. The first-order chi connectivity index (χ1) is 37.6. The number of carbonyl (C=O) groups excluding carboxylic acids is 2. The first kappa shape index (κ1) is 74.0. The van der Waals surface area contributed by atoms with E-state index in [9.17, 15) is 19.5 Å². The molecule has 0 aromatic rings. The number of esters is 2. The predicted molar refractivity (Wildman–Crippen MR) is 327 cm³/mol. The van der Waals surface area contributed by atoms with Crippen molar-refractivity contribution in [3.63, 3.8) is 0 Å². The van der Waals surface area contributed by atoms with Crippen LogP contribution in [0.4, 0.5) is 0 Å². The zero-order chi connectivity index (χ0) is 56.2. The van der Waals surface area contributed by atoms with Gasteiger partial charge < -0.3 is 28.5 Å². The van der Waals surface area contributed by atoms with Gasteiger partial charge in [-0.25, -0.2) is 4.79 Å². The van der Waals surface area contributed by atoms with E-state index in [0.717, 1.165) is 64.2 Å². The van der Waals surface area contributed by atoms with Crippen molar-refractivity contribution in [2.75, 3.05) is 47.5 Å². The second-order valence-corrected chi connectivity index (χ2v) is 23.0. The van der Waals surface area contributed by atoms with E-state index in [1.54, 1.807) is 0 Å². The van der Waals surface area contributed by atoms with E-state index >= 15 is 0 Å². The Morgan fingerprint density at radius 2 is 0.740 bits per heavy atom. The first-order valence-corrected chi connectivity index (χ1v) is 32.5. The van der Waals surface area contributed by atoms with Crippen LogP contribution in [0.1, 0.15) is 296 Å². The average Bonchev–Trinajstić information content (AvgIpc) is 3.40. The molecular weight excluding hydrogens is 959 g/mol. The summed E-state index contributed by atoms with van der Waals surface area (Å²) in [5, 5.41) is 9.72. The van der Waals surface area contributed by atoms with Gasteiger partial charge in [0.15, 0.2) is 6.10 Å². The fourth-order valence-electron chi connectivity index (χ4n) is 9.30. The lowest BCUT2D eigenvalue weighted by molar-refractivity contribution is -0.870. The molecule has 0 aliphatic rings. The van der Waals surface area contributed by atoms with Crippen LogP contribution >= 0.6 is 0 Å². The van der Waals surface area contributed by atoms with Gasteiger partial charge in [0.25, 0.3) is 6.29 Å². The number of likely N-dealkylation sites (N-methyl/N-ethyl adjacent to an activating group) is 1. The van der Waals surface area contributed by atoms with Gasteiger partial charge >= 0.3 is 17.9 Å². The molecule has 0 bridgehead atoms. The molecule has 0 aliphatic carbocycles. The Hall–Kier alpha value is -3.01. The summed E-state index contributed by atoms with van der Waals surface area (Å²) in [6.07, 6.45) is 73.3. The van der Waals surface area contributed by atoms with Gasteiger partial charge in [-0.3, -0.25) is 9.59 Å². The molecule has 0 saturated heterocycles. The van der Waals surface area contributed by atoms with Crippen molar-refractivity contribution in [2.45, 2.75) is 309 Å². The van der Waals surface area contributed by atoms with Crippen molar-refractivity contribution in [2.24, 2.45) is 0 Å². The molecule has 2 atom stereocenters. The summed E-state index contributed by atoms with van der Waals surface area (Å²) in [7, 11) is 5.98. The van der Waals surface area contributed by atoms with E-state index in [1.807, 2.05) is 21.1 Å². The number of carbonyl (C=O) groups is 3. The summed E-state index contributed by atoms with van der Waals surface area (Å²) in [6, 6.07) is 0. The number of hydrogen-bond donors (Lipinski definition) is 1. The Balaban J connectivity index is 4.04. The van der Waals surface area contributed by atoms with Gasteiger partial charge in [-0.05, 0) is 77.0 Å². The number of hydrogen-bond acceptors (Lipinski definition) is 7. The second-order valence-electron chi connectivity index (χ2n) is 23.0. The third-order valence-corrected chi connectivity index (χ3v) is 14.3. The van der Waals surface area contributed by atoms with E-state index in [4.69, 9.17) is 18.9 Å². The fraction of sp³-hybridized carbons (Fsp3) is 0.809. The number of ether oxygens (including phenoxy) is 4. The topological polar surface area (TPSA) is 108 Å². The van der Waals surface area contributed by atoms with Crippen LogP contribution in [0, 0.1) is 0 Å². The highest BCUT2D eigenvalue weighted by atomic mass is 16.7. The number of unbranched alkanes of at least 4 members (excludes halogenated alkanes) is 35. The molecule has 77 heavy (non-hydrogen) atoms. The van der Waals surface area contributed by atoms with Gasteiger partial charge in [-0.1, -0.05) is 267 Å².